The molecule has 1 aromatic heterocycles. The Morgan fingerprint density at radius 3 is 2.66 bits per heavy atom. The van der Waals surface area contributed by atoms with Gasteiger partial charge in [-0.1, -0.05) is 13.8 Å². The minimum absolute atomic E-state index is 0. The van der Waals surface area contributed by atoms with Crippen molar-refractivity contribution in [3.05, 3.63) is 18.2 Å². The third-order valence-corrected chi connectivity index (χ3v) is 5.16. The Bertz CT molecular complexity index is 664. The summed E-state index contributed by atoms with van der Waals surface area (Å²) in [5, 5.41) is 3.38. The zero-order valence-electron chi connectivity index (χ0n) is 17.8. The average molecular weight is 518 g/mol. The molecule has 8 nitrogen and oxygen atoms in total. The van der Waals surface area contributed by atoms with Crippen molar-refractivity contribution in [2.24, 2.45) is 10.9 Å². The monoisotopic (exact) mass is 518 g/mol. The van der Waals surface area contributed by atoms with Gasteiger partial charge in [0.25, 0.3) is 5.91 Å². The van der Waals surface area contributed by atoms with Gasteiger partial charge in [-0.3, -0.25) is 4.79 Å². The van der Waals surface area contributed by atoms with Crippen LogP contribution in [-0.4, -0.2) is 76.7 Å². The van der Waals surface area contributed by atoms with Crippen LogP contribution in [0.2, 0.25) is 0 Å². The van der Waals surface area contributed by atoms with Crippen molar-refractivity contribution >= 4 is 35.8 Å². The maximum atomic E-state index is 12.5. The third-order valence-electron chi connectivity index (χ3n) is 5.16. The predicted octanol–water partition coefficient (Wildman–Crippen LogP) is 1.95. The number of nitrogens with zero attached hydrogens (tertiary/aromatic N) is 5. The van der Waals surface area contributed by atoms with E-state index in [2.05, 4.69) is 40.5 Å². The van der Waals surface area contributed by atoms with E-state index in [0.29, 0.717) is 32.2 Å². The Labute approximate surface area is 191 Å². The van der Waals surface area contributed by atoms with Crippen LogP contribution in [0.5, 0.6) is 0 Å². The van der Waals surface area contributed by atoms with E-state index in [-0.39, 0.29) is 36.0 Å². The Morgan fingerprint density at radius 2 is 2.03 bits per heavy atom. The Balaban J connectivity index is 0.00000300. The number of aliphatic imine (C=N–C) groups is 1. The quantitative estimate of drug-likeness (QED) is 0.354. The standard InChI is InChI=1S/C20H34N6O2.HI/c1-4-21-20(23-14-18-22-7-8-26(18)15-16(2)3)25-11-9-24(10-12-25)19(27)17-6-5-13-28-17;/h7-8,16-17H,4-6,9-15H2,1-3H3,(H,21,23);1H. The van der Waals surface area contributed by atoms with E-state index in [9.17, 15) is 4.79 Å². The van der Waals surface area contributed by atoms with Gasteiger partial charge < -0.3 is 24.4 Å². The second-order valence-electron chi connectivity index (χ2n) is 7.87. The van der Waals surface area contributed by atoms with Gasteiger partial charge in [0.05, 0.1) is 0 Å². The molecule has 0 radical (unpaired) electrons. The molecule has 2 saturated heterocycles. The molecule has 0 aliphatic carbocycles. The molecular formula is C20H35IN6O2. The molecule has 1 unspecified atom stereocenters. The van der Waals surface area contributed by atoms with E-state index >= 15 is 0 Å². The predicted molar refractivity (Wildman–Crippen MR) is 124 cm³/mol. The maximum absolute atomic E-state index is 12.5. The Kier molecular flexibility index (Phi) is 9.67. The third kappa shape index (κ3) is 6.56. The zero-order chi connectivity index (χ0) is 19.9. The topological polar surface area (TPSA) is 75.0 Å². The van der Waals surface area contributed by atoms with Gasteiger partial charge in [0.2, 0.25) is 0 Å². The van der Waals surface area contributed by atoms with Crippen LogP contribution >= 0.6 is 24.0 Å². The lowest BCUT2D eigenvalue weighted by atomic mass is 10.2. The Morgan fingerprint density at radius 1 is 1.31 bits per heavy atom. The molecule has 1 aromatic rings. The second-order valence-corrected chi connectivity index (χ2v) is 7.87. The number of carbonyl (C=O) groups is 1. The SMILES string of the molecule is CCNC(=NCc1nccn1CC(C)C)N1CCN(C(=O)C2CCCO2)CC1.I. The van der Waals surface area contributed by atoms with Gasteiger partial charge in [-0.15, -0.1) is 24.0 Å². The van der Waals surface area contributed by atoms with Crippen LogP contribution in [0.25, 0.3) is 0 Å². The smallest absolute Gasteiger partial charge is 0.251 e. The van der Waals surface area contributed by atoms with E-state index in [1.807, 2.05) is 17.3 Å². The van der Waals surface area contributed by atoms with Crippen molar-refractivity contribution < 1.29 is 9.53 Å². The first-order valence-corrected chi connectivity index (χ1v) is 10.5. The van der Waals surface area contributed by atoms with Crippen LogP contribution in [0, 0.1) is 5.92 Å². The molecule has 0 spiro atoms. The highest BCUT2D eigenvalue weighted by Crippen LogP contribution is 2.16. The van der Waals surface area contributed by atoms with E-state index < -0.39 is 0 Å². The molecule has 0 saturated carbocycles. The number of rotatable bonds is 6. The van der Waals surface area contributed by atoms with Gasteiger partial charge in [-0.05, 0) is 25.7 Å². The lowest BCUT2D eigenvalue weighted by Gasteiger charge is -2.37. The van der Waals surface area contributed by atoms with E-state index in [1.165, 1.54) is 0 Å². The fourth-order valence-corrected chi connectivity index (χ4v) is 3.74. The number of amides is 1. The van der Waals surface area contributed by atoms with Crippen molar-refractivity contribution in [1.29, 1.82) is 0 Å². The van der Waals surface area contributed by atoms with Crippen LogP contribution in [-0.2, 0) is 22.6 Å². The number of piperazine rings is 1. The lowest BCUT2D eigenvalue weighted by Crippen LogP contribution is -2.55. The van der Waals surface area contributed by atoms with Gasteiger partial charge in [-0.2, -0.15) is 0 Å². The summed E-state index contributed by atoms with van der Waals surface area (Å²) in [4.78, 5) is 26.0. The van der Waals surface area contributed by atoms with Gasteiger partial charge >= 0.3 is 0 Å². The van der Waals surface area contributed by atoms with Crippen molar-refractivity contribution in [2.45, 2.75) is 52.8 Å². The van der Waals surface area contributed by atoms with Crippen LogP contribution in [0.3, 0.4) is 0 Å². The molecule has 29 heavy (non-hydrogen) atoms. The first-order valence-electron chi connectivity index (χ1n) is 10.5. The highest BCUT2D eigenvalue weighted by molar-refractivity contribution is 14.0. The highest BCUT2D eigenvalue weighted by Gasteiger charge is 2.30. The second kappa shape index (κ2) is 11.7. The molecular weight excluding hydrogens is 483 g/mol. The van der Waals surface area contributed by atoms with Crippen LogP contribution in [0.15, 0.2) is 17.4 Å². The molecule has 2 fully saturated rings. The fraction of sp³-hybridized carbons (Fsp3) is 0.750. The van der Waals surface area contributed by atoms with Crippen molar-refractivity contribution in [2.75, 3.05) is 39.3 Å². The minimum atomic E-state index is -0.228. The summed E-state index contributed by atoms with van der Waals surface area (Å²) in [6.07, 6.45) is 5.48. The van der Waals surface area contributed by atoms with Gasteiger partial charge in [0, 0.05) is 58.3 Å². The van der Waals surface area contributed by atoms with Gasteiger partial charge in [-0.25, -0.2) is 9.98 Å². The summed E-state index contributed by atoms with van der Waals surface area (Å²) >= 11 is 0. The normalized spacial score (nSPS) is 20.1. The number of aromatic nitrogens is 2. The number of ether oxygens (including phenoxy) is 1. The summed E-state index contributed by atoms with van der Waals surface area (Å²) < 4.78 is 7.73. The summed E-state index contributed by atoms with van der Waals surface area (Å²) in [5.41, 5.74) is 0. The number of hydrogen-bond acceptors (Lipinski definition) is 4. The first kappa shape index (κ1) is 23.9. The number of halogens is 1. The number of guanidine groups is 1. The van der Waals surface area contributed by atoms with Crippen LogP contribution < -0.4 is 5.32 Å². The molecule has 3 rings (SSSR count). The summed E-state index contributed by atoms with van der Waals surface area (Å²) in [7, 11) is 0. The van der Waals surface area contributed by atoms with Gasteiger partial charge in [0.1, 0.15) is 18.5 Å². The lowest BCUT2D eigenvalue weighted by molar-refractivity contribution is -0.142. The molecule has 0 aromatic carbocycles. The van der Waals surface area contributed by atoms with E-state index in [1.54, 1.807) is 0 Å². The molecule has 3 heterocycles. The molecule has 1 atom stereocenters. The van der Waals surface area contributed by atoms with Crippen LogP contribution in [0.1, 0.15) is 39.4 Å². The number of carbonyl (C=O) groups excluding carboxylic acids is 1. The Hall–Kier alpha value is -1.36. The van der Waals surface area contributed by atoms with Crippen molar-refractivity contribution in [1.82, 2.24) is 24.7 Å². The summed E-state index contributed by atoms with van der Waals surface area (Å²) in [6.45, 7) is 12.5. The van der Waals surface area contributed by atoms with Crippen molar-refractivity contribution in [3.63, 3.8) is 0 Å². The van der Waals surface area contributed by atoms with E-state index in [0.717, 1.165) is 50.8 Å². The van der Waals surface area contributed by atoms with E-state index in [4.69, 9.17) is 9.73 Å². The fourth-order valence-electron chi connectivity index (χ4n) is 3.74. The van der Waals surface area contributed by atoms with Gasteiger partial charge in [0.15, 0.2) is 5.96 Å². The number of nitrogens with one attached hydrogen (secondary N) is 1. The highest BCUT2D eigenvalue weighted by atomic mass is 127. The number of imidazole rings is 1. The van der Waals surface area contributed by atoms with Crippen molar-refractivity contribution in [3.8, 4) is 0 Å². The summed E-state index contributed by atoms with van der Waals surface area (Å²) in [5.74, 6) is 2.59. The maximum Gasteiger partial charge on any atom is 0.251 e. The summed E-state index contributed by atoms with van der Waals surface area (Å²) in [6, 6.07) is 0. The zero-order valence-corrected chi connectivity index (χ0v) is 20.2. The number of hydrogen-bond donors (Lipinski definition) is 1. The first-order chi connectivity index (χ1) is 13.6. The molecule has 1 N–H and O–H groups in total. The largest absolute Gasteiger partial charge is 0.368 e. The average Bonchev–Trinajstić information content (AvgIpc) is 3.36. The minimum Gasteiger partial charge on any atom is -0.368 e. The molecule has 9 heteroatoms. The molecule has 2 aliphatic heterocycles. The molecule has 1 amide bonds. The molecule has 164 valence electrons. The molecule has 0 bridgehead atoms. The molecule has 2 aliphatic rings. The van der Waals surface area contributed by atoms with Crippen LogP contribution in [0.4, 0.5) is 0 Å².